The Hall–Kier alpha value is -2.58. The number of piperazine rings is 1. The molecule has 2 aromatic heterocycles. The summed E-state index contributed by atoms with van der Waals surface area (Å²) in [5.41, 5.74) is 1.18. The summed E-state index contributed by atoms with van der Waals surface area (Å²) in [5, 5.41) is 0.666. The van der Waals surface area contributed by atoms with Crippen LogP contribution in [0, 0.1) is 0 Å². The summed E-state index contributed by atoms with van der Waals surface area (Å²) >= 11 is 6.02. The fourth-order valence-corrected chi connectivity index (χ4v) is 3.81. The van der Waals surface area contributed by atoms with Crippen LogP contribution < -0.4 is 21.0 Å². The molecule has 4 rings (SSSR count). The minimum atomic E-state index is -0.372. The number of nitrogens with one attached hydrogen (secondary N) is 1. The van der Waals surface area contributed by atoms with E-state index in [1.165, 1.54) is 16.5 Å². The van der Waals surface area contributed by atoms with E-state index in [4.69, 9.17) is 16.6 Å². The molecule has 0 amide bonds. The number of hydrogen-bond acceptors (Lipinski definition) is 4. The third kappa shape index (κ3) is 3.12. The highest BCUT2D eigenvalue weighted by Crippen LogP contribution is 2.22. The third-order valence-electron chi connectivity index (χ3n) is 5.48. The predicted molar refractivity (Wildman–Crippen MR) is 110 cm³/mol. The third-order valence-corrected chi connectivity index (χ3v) is 5.73. The molecule has 3 aromatic rings. The Kier molecular flexibility index (Phi) is 4.76. The first kappa shape index (κ1) is 18.8. The molecule has 28 heavy (non-hydrogen) atoms. The molecule has 0 atom stereocenters. The first-order chi connectivity index (χ1) is 13.4. The van der Waals surface area contributed by atoms with Gasteiger partial charge in [-0.05, 0) is 17.7 Å². The Morgan fingerprint density at radius 2 is 1.71 bits per heavy atom. The molecule has 1 N–H and O–H groups in total. The molecule has 0 saturated carbocycles. The second-order valence-corrected chi connectivity index (χ2v) is 7.88. The van der Waals surface area contributed by atoms with E-state index in [9.17, 15) is 9.59 Å². The summed E-state index contributed by atoms with van der Waals surface area (Å²) in [4.78, 5) is 33.8. The highest BCUT2D eigenvalue weighted by Gasteiger charge is 2.26. The number of benzene rings is 1. The monoisotopic (exact) mass is 403 g/mol. The van der Waals surface area contributed by atoms with Crippen LogP contribution in [-0.2, 0) is 20.6 Å². The van der Waals surface area contributed by atoms with Crippen molar-refractivity contribution < 1.29 is 4.90 Å². The van der Waals surface area contributed by atoms with Gasteiger partial charge in [-0.1, -0.05) is 23.7 Å². The maximum absolute atomic E-state index is 13.0. The van der Waals surface area contributed by atoms with Crippen molar-refractivity contribution in [2.75, 3.05) is 38.1 Å². The van der Waals surface area contributed by atoms with Gasteiger partial charge >= 0.3 is 5.69 Å². The molecule has 1 aromatic carbocycles. The van der Waals surface area contributed by atoms with Crippen molar-refractivity contribution in [2.45, 2.75) is 6.54 Å². The minimum absolute atomic E-state index is 0.328. The lowest BCUT2D eigenvalue weighted by molar-refractivity contribution is -0.880. The lowest BCUT2D eigenvalue weighted by Gasteiger charge is -2.31. The van der Waals surface area contributed by atoms with Crippen LogP contribution in [0.4, 0.5) is 5.95 Å². The fourth-order valence-electron chi connectivity index (χ4n) is 3.69. The van der Waals surface area contributed by atoms with E-state index in [1.807, 2.05) is 28.8 Å². The molecule has 0 spiro atoms. The summed E-state index contributed by atoms with van der Waals surface area (Å²) < 4.78 is 4.52. The van der Waals surface area contributed by atoms with Gasteiger partial charge in [0.2, 0.25) is 5.95 Å². The maximum atomic E-state index is 13.0. The number of fused-ring (bicyclic) bond motifs is 1. The Bertz CT molecular complexity index is 1140. The van der Waals surface area contributed by atoms with E-state index in [2.05, 4.69) is 11.9 Å². The molecule has 0 aliphatic carbocycles. The molecule has 1 fully saturated rings. The number of aromatic nitrogens is 4. The van der Waals surface area contributed by atoms with Gasteiger partial charge in [-0.2, -0.15) is 4.98 Å². The Morgan fingerprint density at radius 3 is 2.36 bits per heavy atom. The zero-order valence-electron chi connectivity index (χ0n) is 16.3. The highest BCUT2D eigenvalue weighted by atomic mass is 35.5. The van der Waals surface area contributed by atoms with Gasteiger partial charge in [-0.25, -0.2) is 4.79 Å². The van der Waals surface area contributed by atoms with Crippen LogP contribution in [0.1, 0.15) is 5.56 Å². The molecular formula is C19H24ClN6O2+. The van der Waals surface area contributed by atoms with Crippen molar-refractivity contribution in [1.29, 1.82) is 0 Å². The number of rotatable bonds is 3. The van der Waals surface area contributed by atoms with Crippen LogP contribution in [0.25, 0.3) is 11.2 Å². The minimum Gasteiger partial charge on any atom is -0.334 e. The molecule has 1 aliphatic heterocycles. The molecule has 9 heteroatoms. The lowest BCUT2D eigenvalue weighted by Crippen LogP contribution is -3.12. The van der Waals surface area contributed by atoms with E-state index in [0.29, 0.717) is 22.7 Å². The number of nitrogens with zero attached hydrogens (tertiary/aromatic N) is 5. The van der Waals surface area contributed by atoms with Gasteiger partial charge in [0.15, 0.2) is 11.2 Å². The number of aryl methyl sites for hydroxylation is 1. The van der Waals surface area contributed by atoms with E-state index in [1.54, 1.807) is 7.05 Å². The predicted octanol–water partition coefficient (Wildman–Crippen LogP) is -0.530. The number of likely N-dealkylation sites (N-methyl/N-ethyl adjacent to an activating group) is 1. The largest absolute Gasteiger partial charge is 0.334 e. The molecule has 1 aliphatic rings. The molecule has 0 radical (unpaired) electrons. The molecular weight excluding hydrogens is 380 g/mol. The van der Waals surface area contributed by atoms with Crippen LogP contribution in [0.3, 0.4) is 0 Å². The highest BCUT2D eigenvalue weighted by molar-refractivity contribution is 6.30. The zero-order chi connectivity index (χ0) is 20.0. The Morgan fingerprint density at radius 1 is 1.07 bits per heavy atom. The first-order valence-electron chi connectivity index (χ1n) is 9.33. The number of halogens is 1. The summed E-state index contributed by atoms with van der Waals surface area (Å²) in [5.74, 6) is 0.732. The average molecular weight is 404 g/mol. The van der Waals surface area contributed by atoms with Crippen LogP contribution in [0.15, 0.2) is 33.9 Å². The standard InChI is InChI=1S/C19H23ClN6O2/c1-22-8-10-25(11-9-22)18-21-16-15(17(27)24(3)19(28)23(16)2)26(18)12-13-4-6-14(20)7-5-13/h4-7H,8-12H2,1-3H3/p+1. The van der Waals surface area contributed by atoms with E-state index < -0.39 is 0 Å². The number of imidazole rings is 1. The number of quaternary nitrogens is 1. The zero-order valence-corrected chi connectivity index (χ0v) is 17.0. The van der Waals surface area contributed by atoms with Gasteiger partial charge in [0, 0.05) is 19.1 Å². The second-order valence-electron chi connectivity index (χ2n) is 7.45. The Balaban J connectivity index is 1.92. The van der Waals surface area contributed by atoms with Gasteiger partial charge in [-0.15, -0.1) is 0 Å². The summed E-state index contributed by atoms with van der Waals surface area (Å²) in [6, 6.07) is 7.56. The fraction of sp³-hybridized carbons (Fsp3) is 0.421. The summed E-state index contributed by atoms with van der Waals surface area (Å²) in [7, 11) is 5.33. The topological polar surface area (TPSA) is 69.5 Å². The van der Waals surface area contributed by atoms with Gasteiger partial charge in [0.25, 0.3) is 5.56 Å². The van der Waals surface area contributed by atoms with Crippen LogP contribution >= 0.6 is 11.6 Å². The van der Waals surface area contributed by atoms with Gasteiger partial charge in [0.05, 0.1) is 39.8 Å². The smallest absolute Gasteiger partial charge is 0.332 e. The van der Waals surface area contributed by atoms with Gasteiger partial charge in [-0.3, -0.25) is 18.5 Å². The van der Waals surface area contributed by atoms with Crippen molar-refractivity contribution in [2.24, 2.45) is 14.1 Å². The maximum Gasteiger partial charge on any atom is 0.332 e. The molecule has 3 heterocycles. The van der Waals surface area contributed by atoms with Crippen LogP contribution in [0.5, 0.6) is 0 Å². The van der Waals surface area contributed by atoms with E-state index >= 15 is 0 Å². The molecule has 0 unspecified atom stereocenters. The van der Waals surface area contributed by atoms with Crippen molar-refractivity contribution in [3.8, 4) is 0 Å². The van der Waals surface area contributed by atoms with Gasteiger partial charge < -0.3 is 9.80 Å². The average Bonchev–Trinajstić information content (AvgIpc) is 3.06. The van der Waals surface area contributed by atoms with Gasteiger partial charge in [0.1, 0.15) is 0 Å². The van der Waals surface area contributed by atoms with Crippen molar-refractivity contribution in [1.82, 2.24) is 18.7 Å². The molecule has 8 nitrogen and oxygen atoms in total. The van der Waals surface area contributed by atoms with Crippen LogP contribution in [-0.4, -0.2) is 51.9 Å². The van der Waals surface area contributed by atoms with E-state index in [0.717, 1.165) is 42.3 Å². The molecule has 148 valence electrons. The van der Waals surface area contributed by atoms with Crippen molar-refractivity contribution >= 4 is 28.7 Å². The lowest BCUT2D eigenvalue weighted by atomic mass is 10.2. The van der Waals surface area contributed by atoms with Crippen molar-refractivity contribution in [3.63, 3.8) is 0 Å². The van der Waals surface area contributed by atoms with Crippen molar-refractivity contribution in [3.05, 3.63) is 55.7 Å². The molecule has 1 saturated heterocycles. The number of anilines is 1. The SMILES string of the molecule is Cn1c(=O)c2c(nc(N3CC[NH+](C)CC3)n2Cc2ccc(Cl)cc2)n(C)c1=O. The normalized spacial score (nSPS) is 15.5. The Labute approximate surface area is 167 Å². The first-order valence-corrected chi connectivity index (χ1v) is 9.71. The van der Waals surface area contributed by atoms with E-state index in [-0.39, 0.29) is 11.2 Å². The summed E-state index contributed by atoms with van der Waals surface area (Å²) in [6.45, 7) is 4.19. The quantitative estimate of drug-likeness (QED) is 0.638. The second kappa shape index (κ2) is 7.10. The number of hydrogen-bond donors (Lipinski definition) is 1. The summed E-state index contributed by atoms with van der Waals surface area (Å²) in [6.07, 6.45) is 0. The molecule has 0 bridgehead atoms. The van der Waals surface area contributed by atoms with Crippen LogP contribution in [0.2, 0.25) is 5.02 Å².